The number of hydrogen-bond acceptors (Lipinski definition) is 4. The molecule has 1 rings (SSSR count). The van der Waals surface area contributed by atoms with Crippen LogP contribution in [0.4, 0.5) is 10.5 Å². The molecule has 0 unspecified atom stereocenters. The Morgan fingerprint density at radius 1 is 1.18 bits per heavy atom. The third-order valence-electron chi connectivity index (χ3n) is 2.82. The van der Waals surface area contributed by atoms with Crippen molar-refractivity contribution in [3.63, 3.8) is 0 Å². The SMILES string of the molecule is CNC(=O)c1ccc(NCCNC(=O)OC(C)(C)C)c(C)c1. The minimum atomic E-state index is -0.496. The number of aryl methyl sites for hydroxylation is 1. The summed E-state index contributed by atoms with van der Waals surface area (Å²) in [4.78, 5) is 23.0. The topological polar surface area (TPSA) is 79.5 Å². The molecular formula is C16H25N3O3. The fourth-order valence-corrected chi connectivity index (χ4v) is 1.82. The van der Waals surface area contributed by atoms with Crippen LogP contribution in [0.1, 0.15) is 36.7 Å². The lowest BCUT2D eigenvalue weighted by Crippen LogP contribution is -2.35. The van der Waals surface area contributed by atoms with Crippen molar-refractivity contribution >= 4 is 17.7 Å². The van der Waals surface area contributed by atoms with E-state index in [0.29, 0.717) is 18.7 Å². The van der Waals surface area contributed by atoms with Crippen LogP contribution in [0.25, 0.3) is 0 Å². The largest absolute Gasteiger partial charge is 0.444 e. The van der Waals surface area contributed by atoms with Crippen molar-refractivity contribution < 1.29 is 14.3 Å². The molecule has 6 nitrogen and oxygen atoms in total. The van der Waals surface area contributed by atoms with Crippen LogP contribution < -0.4 is 16.0 Å². The quantitative estimate of drug-likeness (QED) is 0.729. The Kier molecular flexibility index (Phi) is 6.22. The molecule has 0 aliphatic rings. The number of carbonyl (C=O) groups is 2. The van der Waals surface area contributed by atoms with Gasteiger partial charge in [-0.1, -0.05) is 0 Å². The van der Waals surface area contributed by atoms with Gasteiger partial charge < -0.3 is 20.7 Å². The Hall–Kier alpha value is -2.24. The maximum atomic E-state index is 11.5. The van der Waals surface area contributed by atoms with Crippen molar-refractivity contribution in [3.05, 3.63) is 29.3 Å². The number of nitrogens with one attached hydrogen (secondary N) is 3. The minimum Gasteiger partial charge on any atom is -0.444 e. The van der Waals surface area contributed by atoms with Gasteiger partial charge in [-0.15, -0.1) is 0 Å². The molecule has 0 aliphatic carbocycles. The highest BCUT2D eigenvalue weighted by Crippen LogP contribution is 2.16. The number of ether oxygens (including phenoxy) is 1. The van der Waals surface area contributed by atoms with Gasteiger partial charge in [-0.05, 0) is 51.5 Å². The highest BCUT2D eigenvalue weighted by atomic mass is 16.6. The number of benzene rings is 1. The number of hydrogen-bond donors (Lipinski definition) is 3. The van der Waals surface area contributed by atoms with Gasteiger partial charge in [0, 0.05) is 31.4 Å². The van der Waals surface area contributed by atoms with Crippen LogP contribution in [0.3, 0.4) is 0 Å². The number of rotatable bonds is 5. The van der Waals surface area contributed by atoms with Gasteiger partial charge in [0.25, 0.3) is 5.91 Å². The highest BCUT2D eigenvalue weighted by molar-refractivity contribution is 5.94. The molecule has 3 N–H and O–H groups in total. The van der Waals surface area contributed by atoms with E-state index in [1.54, 1.807) is 13.1 Å². The molecule has 6 heteroatoms. The van der Waals surface area contributed by atoms with Gasteiger partial charge in [-0.3, -0.25) is 4.79 Å². The molecule has 0 heterocycles. The highest BCUT2D eigenvalue weighted by Gasteiger charge is 2.15. The fourth-order valence-electron chi connectivity index (χ4n) is 1.82. The van der Waals surface area contributed by atoms with Crippen molar-refractivity contribution in [2.75, 3.05) is 25.5 Å². The summed E-state index contributed by atoms with van der Waals surface area (Å²) in [5.74, 6) is -0.110. The van der Waals surface area contributed by atoms with Gasteiger partial charge in [0.1, 0.15) is 5.60 Å². The summed E-state index contributed by atoms with van der Waals surface area (Å²) >= 11 is 0. The van der Waals surface area contributed by atoms with E-state index in [4.69, 9.17) is 4.74 Å². The van der Waals surface area contributed by atoms with Gasteiger partial charge >= 0.3 is 6.09 Å². The smallest absolute Gasteiger partial charge is 0.407 e. The van der Waals surface area contributed by atoms with Gasteiger partial charge in [-0.2, -0.15) is 0 Å². The van der Waals surface area contributed by atoms with Gasteiger partial charge in [0.2, 0.25) is 0 Å². The lowest BCUT2D eigenvalue weighted by molar-refractivity contribution is 0.0530. The Morgan fingerprint density at radius 3 is 2.41 bits per heavy atom. The van der Waals surface area contributed by atoms with Gasteiger partial charge in [-0.25, -0.2) is 4.79 Å². The maximum Gasteiger partial charge on any atom is 0.407 e. The molecule has 0 atom stereocenters. The molecule has 0 saturated heterocycles. The second-order valence-electron chi connectivity index (χ2n) is 5.96. The molecule has 0 spiro atoms. The molecule has 0 aliphatic heterocycles. The second-order valence-corrected chi connectivity index (χ2v) is 5.96. The van der Waals surface area contributed by atoms with Crippen LogP contribution in [0.5, 0.6) is 0 Å². The summed E-state index contributed by atoms with van der Waals surface area (Å²) in [6, 6.07) is 5.44. The normalized spacial score (nSPS) is 10.8. The van der Waals surface area contributed by atoms with Crippen molar-refractivity contribution in [3.8, 4) is 0 Å². The summed E-state index contributed by atoms with van der Waals surface area (Å²) in [5.41, 5.74) is 2.03. The zero-order valence-electron chi connectivity index (χ0n) is 13.9. The molecule has 0 radical (unpaired) electrons. The molecule has 0 aromatic heterocycles. The molecule has 0 fully saturated rings. The Balaban J connectivity index is 2.43. The van der Waals surface area contributed by atoms with Crippen LogP contribution in [0, 0.1) is 6.92 Å². The molecule has 0 saturated carbocycles. The second kappa shape index (κ2) is 7.68. The molecule has 2 amide bonds. The number of carbonyl (C=O) groups excluding carboxylic acids is 2. The lowest BCUT2D eigenvalue weighted by atomic mass is 10.1. The van der Waals surface area contributed by atoms with E-state index in [2.05, 4.69) is 16.0 Å². The van der Waals surface area contributed by atoms with Crippen LogP contribution in [0.2, 0.25) is 0 Å². The summed E-state index contributed by atoms with van der Waals surface area (Å²) in [7, 11) is 1.60. The van der Waals surface area contributed by atoms with Gasteiger partial charge in [0.05, 0.1) is 0 Å². The first-order valence-electron chi connectivity index (χ1n) is 7.26. The van der Waals surface area contributed by atoms with Crippen molar-refractivity contribution in [1.82, 2.24) is 10.6 Å². The molecule has 122 valence electrons. The van der Waals surface area contributed by atoms with E-state index in [9.17, 15) is 9.59 Å². The third-order valence-corrected chi connectivity index (χ3v) is 2.82. The van der Waals surface area contributed by atoms with Crippen LogP contribution >= 0.6 is 0 Å². The Morgan fingerprint density at radius 2 is 1.86 bits per heavy atom. The standard InChI is InChI=1S/C16H25N3O3/c1-11-10-12(14(20)17-5)6-7-13(11)18-8-9-19-15(21)22-16(2,3)4/h6-7,10,18H,8-9H2,1-5H3,(H,17,20)(H,19,21). The third kappa shape index (κ3) is 6.03. The lowest BCUT2D eigenvalue weighted by Gasteiger charge is -2.19. The van der Waals surface area contributed by atoms with E-state index in [0.717, 1.165) is 11.3 Å². The molecule has 0 bridgehead atoms. The first kappa shape index (κ1) is 17.8. The summed E-state index contributed by atoms with van der Waals surface area (Å²) in [5, 5.41) is 8.48. The summed E-state index contributed by atoms with van der Waals surface area (Å²) in [6.07, 6.45) is -0.430. The van der Waals surface area contributed by atoms with Crippen LogP contribution in [-0.2, 0) is 4.74 Å². The van der Waals surface area contributed by atoms with Crippen molar-refractivity contribution in [2.24, 2.45) is 0 Å². The minimum absolute atomic E-state index is 0.110. The Labute approximate surface area is 131 Å². The van der Waals surface area contributed by atoms with Crippen molar-refractivity contribution in [2.45, 2.75) is 33.3 Å². The summed E-state index contributed by atoms with van der Waals surface area (Å²) in [6.45, 7) is 8.41. The van der Waals surface area contributed by atoms with E-state index in [-0.39, 0.29) is 5.91 Å². The zero-order valence-corrected chi connectivity index (χ0v) is 13.9. The Bertz CT molecular complexity index is 536. The molecule has 1 aromatic rings. The van der Waals surface area contributed by atoms with Gasteiger partial charge in [0.15, 0.2) is 0 Å². The fraction of sp³-hybridized carbons (Fsp3) is 0.500. The number of anilines is 1. The van der Waals surface area contributed by atoms with E-state index in [1.807, 2.05) is 39.8 Å². The number of alkyl carbamates (subject to hydrolysis) is 1. The van der Waals surface area contributed by atoms with E-state index in [1.165, 1.54) is 0 Å². The zero-order chi connectivity index (χ0) is 16.8. The van der Waals surface area contributed by atoms with Crippen LogP contribution in [0.15, 0.2) is 18.2 Å². The van der Waals surface area contributed by atoms with E-state index >= 15 is 0 Å². The monoisotopic (exact) mass is 307 g/mol. The van der Waals surface area contributed by atoms with Crippen LogP contribution in [-0.4, -0.2) is 37.7 Å². The summed E-state index contributed by atoms with van der Waals surface area (Å²) < 4.78 is 5.15. The van der Waals surface area contributed by atoms with Crippen molar-refractivity contribution in [1.29, 1.82) is 0 Å². The maximum absolute atomic E-state index is 11.5. The molecular weight excluding hydrogens is 282 g/mol. The number of amides is 2. The molecule has 22 heavy (non-hydrogen) atoms. The average molecular weight is 307 g/mol. The van der Waals surface area contributed by atoms with E-state index < -0.39 is 11.7 Å². The predicted octanol–water partition coefficient (Wildman–Crippen LogP) is 2.29. The average Bonchev–Trinajstić information content (AvgIpc) is 2.42. The first-order valence-corrected chi connectivity index (χ1v) is 7.26. The predicted molar refractivity (Wildman–Crippen MR) is 87.3 cm³/mol. The first-order chi connectivity index (χ1) is 10.2. The molecule has 1 aromatic carbocycles.